The number of benzene rings is 3. The molecule has 0 heterocycles. The molecule has 0 aliphatic rings. The number of ether oxygens (including phenoxy) is 2. The van der Waals surface area contributed by atoms with Crippen LogP contribution in [0.5, 0.6) is 0 Å². The Hall–Kier alpha value is -5.86. The van der Waals surface area contributed by atoms with Crippen LogP contribution in [-0.2, 0) is 9.47 Å². The van der Waals surface area contributed by atoms with Crippen LogP contribution in [0.3, 0.4) is 0 Å². The Balaban J connectivity index is 1.77. The maximum Gasteiger partial charge on any atom is 0.412 e. The van der Waals surface area contributed by atoms with Gasteiger partial charge < -0.3 is 20.1 Å². The van der Waals surface area contributed by atoms with Crippen LogP contribution >= 0.6 is 0 Å². The Morgan fingerprint density at radius 2 is 1.07 bits per heavy atom. The van der Waals surface area contributed by atoms with Gasteiger partial charge in [-0.25, -0.2) is 9.59 Å². The van der Waals surface area contributed by atoms with Gasteiger partial charge >= 0.3 is 12.2 Å². The molecule has 0 aliphatic heterocycles. The first kappa shape index (κ1) is 33.6. The molecule has 4 N–H and O–H groups in total. The number of amides is 4. The van der Waals surface area contributed by atoms with Crippen molar-refractivity contribution in [2.75, 3.05) is 21.3 Å². The summed E-state index contributed by atoms with van der Waals surface area (Å²) in [6, 6.07) is 13.0. The second kappa shape index (κ2) is 13.6. The maximum atomic E-state index is 13.0. The van der Waals surface area contributed by atoms with Gasteiger partial charge in [-0.15, -0.1) is 4.91 Å². The number of nitro groups is 1. The first-order valence-corrected chi connectivity index (χ1v) is 13.4. The summed E-state index contributed by atoms with van der Waals surface area (Å²) < 4.78 is 10.4. The van der Waals surface area contributed by atoms with Crippen LogP contribution in [0.25, 0.3) is 0 Å². The zero-order valence-corrected chi connectivity index (χ0v) is 25.3. The van der Waals surface area contributed by atoms with Gasteiger partial charge in [-0.3, -0.25) is 30.3 Å². The molecule has 0 aromatic heterocycles. The summed E-state index contributed by atoms with van der Waals surface area (Å²) in [5.41, 5.74) is -1.44. The van der Waals surface area contributed by atoms with Crippen molar-refractivity contribution in [1.29, 1.82) is 0 Å². The molecule has 236 valence electrons. The van der Waals surface area contributed by atoms with Crippen LogP contribution in [0.4, 0.5) is 43.7 Å². The molecule has 4 amide bonds. The van der Waals surface area contributed by atoms with Gasteiger partial charge in [0, 0.05) is 23.3 Å². The molecule has 0 aliphatic carbocycles. The summed E-state index contributed by atoms with van der Waals surface area (Å²) >= 11 is 0. The molecule has 0 saturated carbocycles. The normalized spacial score (nSPS) is 11.1. The lowest BCUT2D eigenvalue weighted by Crippen LogP contribution is -2.27. The van der Waals surface area contributed by atoms with E-state index >= 15 is 0 Å². The van der Waals surface area contributed by atoms with Crippen LogP contribution in [0, 0.1) is 15.0 Å². The lowest BCUT2D eigenvalue weighted by atomic mass is 10.1. The van der Waals surface area contributed by atoms with E-state index in [1.807, 2.05) is 0 Å². The summed E-state index contributed by atoms with van der Waals surface area (Å²) in [5, 5.41) is 24.2. The molecule has 0 spiro atoms. The monoisotopic (exact) mass is 620 g/mol. The summed E-state index contributed by atoms with van der Waals surface area (Å²) in [4.78, 5) is 72.2. The topological polar surface area (TPSA) is 207 Å². The Morgan fingerprint density at radius 3 is 1.47 bits per heavy atom. The number of nitroso groups, excluding NO2 is 1. The van der Waals surface area contributed by atoms with Gasteiger partial charge in [-0.05, 0) is 95.3 Å². The highest BCUT2D eigenvalue weighted by Crippen LogP contribution is 2.30. The largest absolute Gasteiger partial charge is 0.444 e. The molecule has 15 heteroatoms. The zero-order valence-electron chi connectivity index (χ0n) is 25.3. The second-order valence-electron chi connectivity index (χ2n) is 11.5. The molecule has 0 saturated heterocycles. The zero-order chi connectivity index (χ0) is 33.5. The molecule has 0 fully saturated rings. The molecule has 3 aromatic rings. The van der Waals surface area contributed by atoms with Crippen molar-refractivity contribution in [3.05, 3.63) is 86.8 Å². The number of nitrogens with one attached hydrogen (secondary N) is 4. The van der Waals surface area contributed by atoms with Crippen molar-refractivity contribution < 1.29 is 33.6 Å². The number of hydrogen-bond acceptors (Lipinski definition) is 10. The number of nitro benzene ring substituents is 1. The molecule has 0 unspecified atom stereocenters. The summed E-state index contributed by atoms with van der Waals surface area (Å²) in [5.74, 6) is -1.23. The molecule has 0 bridgehead atoms. The predicted molar refractivity (Wildman–Crippen MR) is 167 cm³/mol. The molecule has 3 aromatic carbocycles. The fourth-order valence-corrected chi connectivity index (χ4v) is 3.65. The molecule has 0 atom stereocenters. The van der Waals surface area contributed by atoms with Crippen LogP contribution < -0.4 is 21.3 Å². The highest BCUT2D eigenvalue weighted by molar-refractivity contribution is 6.09. The van der Waals surface area contributed by atoms with Crippen LogP contribution in [-0.4, -0.2) is 40.1 Å². The number of non-ortho nitro benzene ring substituents is 1. The van der Waals surface area contributed by atoms with E-state index in [0.29, 0.717) is 0 Å². The van der Waals surface area contributed by atoms with Crippen molar-refractivity contribution in [3.8, 4) is 0 Å². The van der Waals surface area contributed by atoms with E-state index < -0.39 is 40.1 Å². The average molecular weight is 621 g/mol. The molecule has 3 rings (SSSR count). The molecule has 0 radical (unpaired) electrons. The molecule has 15 nitrogen and oxygen atoms in total. The highest BCUT2D eigenvalue weighted by atomic mass is 16.6. The standard InChI is InChI=1S/C30H32N6O9/c1-29(2,3)44-27(39)33-23-15-19(35-41)11-13-21(23)31-25(37)17-7-9-18(10-8-17)26(38)32-22-14-12-20(36(42)43)16-24(22)34-28(40)45-30(4,5)6/h7-16H,1-6H3,(H,31,37)(H,32,38)(H,33,39)(H,34,40). The van der Waals surface area contributed by atoms with Gasteiger partial charge in [-0.2, -0.15) is 0 Å². The minimum Gasteiger partial charge on any atom is -0.444 e. The number of anilines is 4. The van der Waals surface area contributed by atoms with Crippen molar-refractivity contribution in [2.24, 2.45) is 5.18 Å². The van der Waals surface area contributed by atoms with Crippen molar-refractivity contribution in [1.82, 2.24) is 0 Å². The Morgan fingerprint density at radius 1 is 0.644 bits per heavy atom. The quantitative estimate of drug-likeness (QED) is 0.114. The van der Waals surface area contributed by atoms with Crippen LogP contribution in [0.1, 0.15) is 62.3 Å². The Bertz CT molecular complexity index is 1640. The van der Waals surface area contributed by atoms with E-state index in [-0.39, 0.29) is 45.3 Å². The minimum absolute atomic E-state index is 0.00639. The van der Waals surface area contributed by atoms with E-state index in [0.717, 1.165) is 12.1 Å². The van der Waals surface area contributed by atoms with Crippen molar-refractivity contribution in [3.63, 3.8) is 0 Å². The lowest BCUT2D eigenvalue weighted by Gasteiger charge is -2.20. The first-order valence-electron chi connectivity index (χ1n) is 13.4. The number of rotatable bonds is 8. The molecule has 45 heavy (non-hydrogen) atoms. The van der Waals surface area contributed by atoms with Gasteiger partial charge in [0.15, 0.2) is 0 Å². The van der Waals surface area contributed by atoms with Crippen molar-refractivity contribution >= 4 is 58.1 Å². The summed E-state index contributed by atoms with van der Waals surface area (Å²) in [6.45, 7) is 9.96. The Labute approximate surface area is 257 Å². The third-order valence-electron chi connectivity index (χ3n) is 5.50. The van der Waals surface area contributed by atoms with Gasteiger partial charge in [0.2, 0.25) is 0 Å². The van der Waals surface area contributed by atoms with Gasteiger partial charge in [-0.1, -0.05) is 0 Å². The lowest BCUT2D eigenvalue weighted by molar-refractivity contribution is -0.384. The highest BCUT2D eigenvalue weighted by Gasteiger charge is 2.21. The van der Waals surface area contributed by atoms with E-state index in [2.05, 4.69) is 26.4 Å². The number of carbonyl (C=O) groups excluding carboxylic acids is 4. The average Bonchev–Trinajstić information content (AvgIpc) is 2.92. The van der Waals surface area contributed by atoms with Crippen LogP contribution in [0.2, 0.25) is 0 Å². The molecular formula is C30H32N6O9. The first-order chi connectivity index (χ1) is 20.9. The Kier molecular flexibility index (Phi) is 10.2. The van der Waals surface area contributed by atoms with Gasteiger partial charge in [0.1, 0.15) is 16.9 Å². The second-order valence-corrected chi connectivity index (χ2v) is 11.5. The third-order valence-corrected chi connectivity index (χ3v) is 5.50. The van der Waals surface area contributed by atoms with E-state index in [1.165, 1.54) is 48.5 Å². The SMILES string of the molecule is CC(C)(C)OC(=O)Nc1cc(N=O)ccc1NC(=O)c1ccc(C(=O)Nc2ccc([N+](=O)[O-])cc2NC(=O)OC(C)(C)C)cc1. The van der Waals surface area contributed by atoms with E-state index in [9.17, 15) is 34.2 Å². The molecular weight excluding hydrogens is 588 g/mol. The van der Waals surface area contributed by atoms with E-state index in [1.54, 1.807) is 41.5 Å². The fraction of sp³-hybridized carbons (Fsp3) is 0.267. The predicted octanol–water partition coefficient (Wildman–Crippen LogP) is 7.19. The maximum absolute atomic E-state index is 13.0. The third kappa shape index (κ3) is 10.1. The van der Waals surface area contributed by atoms with Crippen molar-refractivity contribution in [2.45, 2.75) is 52.7 Å². The van der Waals surface area contributed by atoms with E-state index in [4.69, 9.17) is 9.47 Å². The van der Waals surface area contributed by atoms with Gasteiger partial charge in [0.25, 0.3) is 17.5 Å². The smallest absolute Gasteiger partial charge is 0.412 e. The number of carbonyl (C=O) groups is 4. The number of hydrogen-bond donors (Lipinski definition) is 4. The summed E-state index contributed by atoms with van der Waals surface area (Å²) in [6.07, 6.45) is -1.69. The van der Waals surface area contributed by atoms with Gasteiger partial charge in [0.05, 0.1) is 27.7 Å². The number of nitrogens with zero attached hydrogens (tertiary/aromatic N) is 2. The summed E-state index contributed by atoms with van der Waals surface area (Å²) in [7, 11) is 0. The minimum atomic E-state index is -0.879. The van der Waals surface area contributed by atoms with Crippen LogP contribution in [0.15, 0.2) is 65.8 Å². The fourth-order valence-electron chi connectivity index (χ4n) is 3.65.